The van der Waals surface area contributed by atoms with Crippen LogP contribution in [0.4, 0.5) is 0 Å². The first-order chi connectivity index (χ1) is 14.5. The van der Waals surface area contributed by atoms with Gasteiger partial charge in [-0.25, -0.2) is 4.79 Å². The maximum absolute atomic E-state index is 12.7. The van der Waals surface area contributed by atoms with Gasteiger partial charge in [0.2, 0.25) is 5.91 Å². The number of amides is 1. The number of aromatic amines is 1. The largest absolute Gasteiger partial charge is 0.340 e. The predicted octanol–water partition coefficient (Wildman–Crippen LogP) is 1.73. The van der Waals surface area contributed by atoms with Crippen LogP contribution in [0.3, 0.4) is 0 Å². The molecule has 1 aromatic heterocycles. The molecule has 2 heterocycles. The van der Waals surface area contributed by atoms with E-state index < -0.39 is 11.2 Å². The quantitative estimate of drug-likeness (QED) is 0.700. The maximum Gasteiger partial charge on any atom is 0.328 e. The van der Waals surface area contributed by atoms with Gasteiger partial charge in [0.15, 0.2) is 0 Å². The highest BCUT2D eigenvalue weighted by Crippen LogP contribution is 2.13. The molecular weight excluding hydrogens is 380 g/mol. The number of nitrogens with one attached hydrogen (secondary N) is 1. The smallest absolute Gasteiger partial charge is 0.328 e. The highest BCUT2D eigenvalue weighted by atomic mass is 16.2. The van der Waals surface area contributed by atoms with Crippen molar-refractivity contribution < 1.29 is 4.79 Å². The lowest BCUT2D eigenvalue weighted by molar-refractivity contribution is -0.133. The van der Waals surface area contributed by atoms with Crippen LogP contribution in [0.1, 0.15) is 17.5 Å². The zero-order valence-electron chi connectivity index (χ0n) is 17.1. The number of aromatic nitrogens is 2. The predicted molar refractivity (Wildman–Crippen MR) is 116 cm³/mol. The zero-order chi connectivity index (χ0) is 21.1. The van der Waals surface area contributed by atoms with Crippen LogP contribution < -0.4 is 11.2 Å². The molecular formula is C23H26N4O3. The number of carbonyl (C=O) groups is 1. The van der Waals surface area contributed by atoms with E-state index in [0.717, 1.165) is 19.6 Å². The lowest BCUT2D eigenvalue weighted by atomic mass is 10.1. The van der Waals surface area contributed by atoms with E-state index in [1.807, 2.05) is 11.0 Å². The van der Waals surface area contributed by atoms with Crippen molar-refractivity contribution in [2.24, 2.45) is 0 Å². The summed E-state index contributed by atoms with van der Waals surface area (Å²) < 4.78 is 1.48. The van der Waals surface area contributed by atoms with Gasteiger partial charge < -0.3 is 4.90 Å². The number of hydrogen-bond donors (Lipinski definition) is 1. The monoisotopic (exact) mass is 406 g/mol. The Morgan fingerprint density at radius 3 is 2.43 bits per heavy atom. The van der Waals surface area contributed by atoms with Crippen molar-refractivity contribution in [1.82, 2.24) is 19.4 Å². The second-order valence-electron chi connectivity index (χ2n) is 7.76. The number of hydrogen-bond acceptors (Lipinski definition) is 4. The lowest BCUT2D eigenvalue weighted by Gasteiger charge is -2.35. The van der Waals surface area contributed by atoms with Crippen LogP contribution in [0.5, 0.6) is 0 Å². The molecule has 30 heavy (non-hydrogen) atoms. The molecule has 7 nitrogen and oxygen atoms in total. The zero-order valence-corrected chi connectivity index (χ0v) is 17.1. The molecule has 0 spiro atoms. The summed E-state index contributed by atoms with van der Waals surface area (Å²) in [6.07, 6.45) is 0.230. The molecule has 1 amide bonds. The van der Waals surface area contributed by atoms with Crippen LogP contribution in [-0.4, -0.2) is 51.4 Å². The Balaban J connectivity index is 1.36. The topological polar surface area (TPSA) is 78.4 Å². The molecule has 0 unspecified atom stereocenters. The number of piperazine rings is 1. The highest BCUT2D eigenvalue weighted by Gasteiger charge is 2.21. The van der Waals surface area contributed by atoms with Gasteiger partial charge >= 0.3 is 5.69 Å². The third kappa shape index (κ3) is 4.21. The van der Waals surface area contributed by atoms with Gasteiger partial charge in [0, 0.05) is 45.7 Å². The summed E-state index contributed by atoms with van der Waals surface area (Å²) in [5.74, 6) is 0.0349. The Morgan fingerprint density at radius 2 is 1.67 bits per heavy atom. The molecule has 0 bridgehead atoms. The van der Waals surface area contributed by atoms with E-state index in [9.17, 15) is 14.4 Å². The fourth-order valence-electron chi connectivity index (χ4n) is 4.01. The number of H-pyrrole nitrogens is 1. The SMILES string of the molecule is Cc1ccccc1CN1CCN(C(=O)CCn2c(=O)[nH]c(=O)c3ccccc32)CC1. The minimum absolute atomic E-state index is 0.0349. The van der Waals surface area contributed by atoms with Crippen LogP contribution in [-0.2, 0) is 17.9 Å². The molecule has 0 saturated carbocycles. The minimum atomic E-state index is -0.477. The number of para-hydroxylation sites is 1. The van der Waals surface area contributed by atoms with E-state index >= 15 is 0 Å². The molecule has 0 radical (unpaired) electrons. The molecule has 0 aliphatic carbocycles. The Labute approximate surface area is 174 Å². The molecule has 1 N–H and O–H groups in total. The van der Waals surface area contributed by atoms with Crippen molar-refractivity contribution in [3.8, 4) is 0 Å². The van der Waals surface area contributed by atoms with E-state index in [0.29, 0.717) is 24.0 Å². The molecule has 0 atom stereocenters. The minimum Gasteiger partial charge on any atom is -0.340 e. The van der Waals surface area contributed by atoms with E-state index in [4.69, 9.17) is 0 Å². The normalized spacial score (nSPS) is 14.9. The summed E-state index contributed by atoms with van der Waals surface area (Å²) in [6, 6.07) is 15.3. The molecule has 2 aromatic carbocycles. The number of carbonyl (C=O) groups excluding carboxylic acids is 1. The summed E-state index contributed by atoms with van der Waals surface area (Å²) in [6.45, 7) is 6.31. The second-order valence-corrected chi connectivity index (χ2v) is 7.76. The van der Waals surface area contributed by atoms with Crippen LogP contribution in [0, 0.1) is 6.92 Å². The van der Waals surface area contributed by atoms with E-state index in [1.54, 1.807) is 24.3 Å². The highest BCUT2D eigenvalue weighted by molar-refractivity contribution is 5.79. The third-order valence-corrected chi connectivity index (χ3v) is 5.83. The van der Waals surface area contributed by atoms with Crippen LogP contribution >= 0.6 is 0 Å². The maximum atomic E-state index is 12.7. The molecule has 1 saturated heterocycles. The summed E-state index contributed by atoms with van der Waals surface area (Å²) >= 11 is 0. The summed E-state index contributed by atoms with van der Waals surface area (Å²) in [5.41, 5.74) is 2.29. The van der Waals surface area contributed by atoms with Crippen LogP contribution in [0.15, 0.2) is 58.1 Å². The van der Waals surface area contributed by atoms with Crippen molar-refractivity contribution in [3.63, 3.8) is 0 Å². The van der Waals surface area contributed by atoms with E-state index in [2.05, 4.69) is 35.0 Å². The van der Waals surface area contributed by atoms with Gasteiger partial charge in [-0.05, 0) is 30.2 Å². The van der Waals surface area contributed by atoms with Gasteiger partial charge in [-0.1, -0.05) is 36.4 Å². The number of fused-ring (bicyclic) bond motifs is 1. The standard InChI is InChI=1S/C23H26N4O3/c1-17-6-2-3-7-18(17)16-25-12-14-26(15-13-25)21(28)10-11-27-20-9-5-4-8-19(20)22(29)24-23(27)30/h2-9H,10-16H2,1H3,(H,24,29,30). The third-order valence-electron chi connectivity index (χ3n) is 5.83. The van der Waals surface area contributed by atoms with Crippen molar-refractivity contribution in [2.75, 3.05) is 26.2 Å². The first-order valence-corrected chi connectivity index (χ1v) is 10.3. The van der Waals surface area contributed by atoms with Crippen molar-refractivity contribution in [1.29, 1.82) is 0 Å². The van der Waals surface area contributed by atoms with E-state index in [1.165, 1.54) is 15.7 Å². The van der Waals surface area contributed by atoms with Gasteiger partial charge in [-0.15, -0.1) is 0 Å². The number of aryl methyl sites for hydroxylation is 2. The Kier molecular flexibility index (Phi) is 5.81. The Hall–Kier alpha value is -3.19. The van der Waals surface area contributed by atoms with Gasteiger partial charge in [0.05, 0.1) is 10.9 Å². The van der Waals surface area contributed by atoms with Gasteiger partial charge in [0.25, 0.3) is 5.56 Å². The summed E-state index contributed by atoms with van der Waals surface area (Å²) in [4.78, 5) is 43.5. The van der Waals surface area contributed by atoms with E-state index in [-0.39, 0.29) is 18.9 Å². The molecule has 1 aliphatic heterocycles. The van der Waals surface area contributed by atoms with Crippen LogP contribution in [0.2, 0.25) is 0 Å². The van der Waals surface area contributed by atoms with Gasteiger partial charge in [-0.3, -0.25) is 24.0 Å². The fraction of sp³-hybridized carbons (Fsp3) is 0.348. The molecule has 3 aromatic rings. The molecule has 1 aliphatic rings. The van der Waals surface area contributed by atoms with Crippen molar-refractivity contribution in [3.05, 3.63) is 80.5 Å². The Morgan fingerprint density at radius 1 is 0.967 bits per heavy atom. The van der Waals surface area contributed by atoms with Crippen molar-refractivity contribution >= 4 is 16.8 Å². The first kappa shape index (κ1) is 20.1. The summed E-state index contributed by atoms with van der Waals surface area (Å²) in [5, 5.41) is 0.453. The number of rotatable bonds is 5. The van der Waals surface area contributed by atoms with Gasteiger partial charge in [-0.2, -0.15) is 0 Å². The Bertz CT molecular complexity index is 1170. The molecule has 7 heteroatoms. The number of nitrogens with zero attached hydrogens (tertiary/aromatic N) is 3. The average Bonchev–Trinajstić information content (AvgIpc) is 2.75. The summed E-state index contributed by atoms with van der Waals surface area (Å²) in [7, 11) is 0. The van der Waals surface area contributed by atoms with Crippen LogP contribution in [0.25, 0.3) is 10.9 Å². The fourth-order valence-corrected chi connectivity index (χ4v) is 4.01. The molecule has 156 valence electrons. The first-order valence-electron chi connectivity index (χ1n) is 10.3. The molecule has 1 fully saturated rings. The lowest BCUT2D eigenvalue weighted by Crippen LogP contribution is -2.48. The van der Waals surface area contributed by atoms with Gasteiger partial charge in [0.1, 0.15) is 0 Å². The second kappa shape index (κ2) is 8.67. The van der Waals surface area contributed by atoms with Crippen molar-refractivity contribution in [2.45, 2.75) is 26.4 Å². The average molecular weight is 406 g/mol. The number of benzene rings is 2. The molecule has 4 rings (SSSR count).